The molecule has 2 aliphatic heterocycles. The van der Waals surface area contributed by atoms with Gasteiger partial charge in [-0.15, -0.1) is 0 Å². The van der Waals surface area contributed by atoms with Gasteiger partial charge in [0, 0.05) is 38.4 Å². The number of amides is 2. The van der Waals surface area contributed by atoms with Crippen LogP contribution in [0.25, 0.3) is 0 Å². The molecule has 0 spiro atoms. The van der Waals surface area contributed by atoms with E-state index < -0.39 is 0 Å². The molecular formula is C18H20N4O3. The van der Waals surface area contributed by atoms with Crippen molar-refractivity contribution in [2.45, 2.75) is 18.1 Å². The van der Waals surface area contributed by atoms with Gasteiger partial charge in [-0.1, -0.05) is 30.3 Å². The minimum absolute atomic E-state index is 0.0228. The van der Waals surface area contributed by atoms with E-state index in [1.165, 1.54) is 0 Å². The standard InChI is InChI=1S/C18H20N4O3/c1-21-8-7-19-17(21)18(24)22-10-13(12-5-3-2-4-6-12)16-14(22)9-20-15(23)11-25-16/h2-8,13-14,16H,9-11H2,1H3,(H,20,23)/t13-,14-,16-/m1/s1. The predicted molar refractivity (Wildman–Crippen MR) is 90.0 cm³/mol. The maximum Gasteiger partial charge on any atom is 0.290 e. The third-order valence-electron chi connectivity index (χ3n) is 4.99. The molecule has 2 aliphatic rings. The molecule has 1 N–H and O–H groups in total. The summed E-state index contributed by atoms with van der Waals surface area (Å²) in [5.74, 6) is 0.137. The van der Waals surface area contributed by atoms with Crippen molar-refractivity contribution < 1.29 is 14.3 Å². The summed E-state index contributed by atoms with van der Waals surface area (Å²) in [7, 11) is 1.80. The fraction of sp³-hybridized carbons (Fsp3) is 0.389. The lowest BCUT2D eigenvalue weighted by atomic mass is 9.93. The van der Waals surface area contributed by atoms with E-state index >= 15 is 0 Å². The molecule has 2 aromatic rings. The zero-order chi connectivity index (χ0) is 17.4. The van der Waals surface area contributed by atoms with Crippen molar-refractivity contribution in [2.24, 2.45) is 7.05 Å². The van der Waals surface area contributed by atoms with Crippen LogP contribution in [0.5, 0.6) is 0 Å². The number of rotatable bonds is 2. The van der Waals surface area contributed by atoms with E-state index in [4.69, 9.17) is 4.74 Å². The Hall–Kier alpha value is -2.67. The average molecular weight is 340 g/mol. The van der Waals surface area contributed by atoms with Crippen molar-refractivity contribution in [3.8, 4) is 0 Å². The highest BCUT2D eigenvalue weighted by molar-refractivity contribution is 5.91. The van der Waals surface area contributed by atoms with Crippen LogP contribution in [0.1, 0.15) is 22.1 Å². The van der Waals surface area contributed by atoms with Gasteiger partial charge in [0.25, 0.3) is 5.91 Å². The number of nitrogens with one attached hydrogen (secondary N) is 1. The zero-order valence-electron chi connectivity index (χ0n) is 14.0. The molecule has 7 nitrogen and oxygen atoms in total. The van der Waals surface area contributed by atoms with Crippen LogP contribution in [0.2, 0.25) is 0 Å². The second-order valence-electron chi connectivity index (χ2n) is 6.48. The molecule has 2 saturated heterocycles. The molecular weight excluding hydrogens is 320 g/mol. The molecule has 25 heavy (non-hydrogen) atoms. The third kappa shape index (κ3) is 2.80. The van der Waals surface area contributed by atoms with E-state index in [1.54, 1.807) is 28.9 Å². The van der Waals surface area contributed by atoms with Crippen molar-refractivity contribution >= 4 is 11.8 Å². The summed E-state index contributed by atoms with van der Waals surface area (Å²) >= 11 is 0. The lowest BCUT2D eigenvalue weighted by Gasteiger charge is -2.25. The topological polar surface area (TPSA) is 76.5 Å². The van der Waals surface area contributed by atoms with Gasteiger partial charge in [0.15, 0.2) is 5.82 Å². The number of nitrogens with zero attached hydrogens (tertiary/aromatic N) is 3. The lowest BCUT2D eigenvalue weighted by molar-refractivity contribution is -0.125. The number of hydrogen-bond acceptors (Lipinski definition) is 4. The summed E-state index contributed by atoms with van der Waals surface area (Å²) in [4.78, 5) is 30.8. The van der Waals surface area contributed by atoms with Crippen LogP contribution >= 0.6 is 0 Å². The summed E-state index contributed by atoms with van der Waals surface area (Å²) in [6, 6.07) is 9.80. The molecule has 7 heteroatoms. The van der Waals surface area contributed by atoms with Gasteiger partial charge in [-0.05, 0) is 5.56 Å². The summed E-state index contributed by atoms with van der Waals surface area (Å²) in [6.07, 6.45) is 3.15. The van der Waals surface area contributed by atoms with Gasteiger partial charge in [0.05, 0.1) is 12.1 Å². The Morgan fingerprint density at radius 3 is 2.84 bits per heavy atom. The molecule has 1 aromatic carbocycles. The molecule has 0 unspecified atom stereocenters. The molecule has 130 valence electrons. The largest absolute Gasteiger partial charge is 0.365 e. The smallest absolute Gasteiger partial charge is 0.290 e. The number of imidazole rings is 1. The van der Waals surface area contributed by atoms with E-state index in [-0.39, 0.29) is 36.5 Å². The van der Waals surface area contributed by atoms with Gasteiger partial charge >= 0.3 is 0 Å². The normalized spacial score (nSPS) is 26.0. The predicted octanol–water partition coefficient (Wildman–Crippen LogP) is 0.543. The van der Waals surface area contributed by atoms with Crippen molar-refractivity contribution in [3.05, 3.63) is 54.1 Å². The molecule has 3 heterocycles. The summed E-state index contributed by atoms with van der Waals surface area (Å²) < 4.78 is 7.61. The monoisotopic (exact) mass is 340 g/mol. The van der Waals surface area contributed by atoms with Gasteiger partial charge < -0.3 is 19.5 Å². The average Bonchev–Trinajstić information content (AvgIpc) is 3.16. The van der Waals surface area contributed by atoms with Crippen LogP contribution in [-0.2, 0) is 16.6 Å². The number of aromatic nitrogens is 2. The highest BCUT2D eigenvalue weighted by atomic mass is 16.5. The number of ether oxygens (including phenoxy) is 1. The molecule has 1 aromatic heterocycles. The molecule has 4 rings (SSSR count). The molecule has 2 amide bonds. The Morgan fingerprint density at radius 2 is 2.12 bits per heavy atom. The number of hydrogen-bond donors (Lipinski definition) is 1. The molecule has 0 radical (unpaired) electrons. The molecule has 0 bridgehead atoms. The Kier molecular flexibility index (Phi) is 4.01. The molecule has 0 aliphatic carbocycles. The second-order valence-corrected chi connectivity index (χ2v) is 6.48. The number of aryl methyl sites for hydroxylation is 1. The quantitative estimate of drug-likeness (QED) is 0.866. The van der Waals surface area contributed by atoms with Gasteiger partial charge in [0.2, 0.25) is 5.91 Å². The van der Waals surface area contributed by atoms with E-state index in [1.807, 2.05) is 30.3 Å². The van der Waals surface area contributed by atoms with E-state index in [0.717, 1.165) is 5.56 Å². The summed E-state index contributed by atoms with van der Waals surface area (Å²) in [6.45, 7) is 0.957. The lowest BCUT2D eigenvalue weighted by Crippen LogP contribution is -2.46. The van der Waals surface area contributed by atoms with Crippen LogP contribution in [-0.4, -0.2) is 58.1 Å². The molecule has 0 saturated carbocycles. The van der Waals surface area contributed by atoms with Crippen LogP contribution in [0.15, 0.2) is 42.7 Å². The van der Waals surface area contributed by atoms with Gasteiger partial charge in [0.1, 0.15) is 6.61 Å². The SMILES string of the molecule is Cn1ccnc1C(=O)N1C[C@H](c2ccccc2)[C@H]2OCC(=O)NC[C@H]21. The summed E-state index contributed by atoms with van der Waals surface area (Å²) in [5.41, 5.74) is 1.11. The number of benzene rings is 1. The van der Waals surface area contributed by atoms with Crippen molar-refractivity contribution in [3.63, 3.8) is 0 Å². The Labute approximate surface area is 145 Å². The van der Waals surface area contributed by atoms with Crippen molar-refractivity contribution in [1.29, 1.82) is 0 Å². The second kappa shape index (κ2) is 6.33. The third-order valence-corrected chi connectivity index (χ3v) is 4.99. The number of carbonyl (C=O) groups excluding carboxylic acids is 2. The van der Waals surface area contributed by atoms with Crippen molar-refractivity contribution in [1.82, 2.24) is 19.8 Å². The first-order chi connectivity index (χ1) is 12.1. The number of carbonyl (C=O) groups is 2. The maximum absolute atomic E-state index is 13.0. The molecule has 2 fully saturated rings. The minimum Gasteiger partial charge on any atom is -0.365 e. The molecule has 3 atom stereocenters. The van der Waals surface area contributed by atoms with E-state index in [2.05, 4.69) is 10.3 Å². The fourth-order valence-electron chi connectivity index (χ4n) is 3.72. The Morgan fingerprint density at radius 1 is 1.32 bits per heavy atom. The Bertz CT molecular complexity index is 789. The highest BCUT2D eigenvalue weighted by Gasteiger charge is 2.47. The Balaban J connectivity index is 1.68. The first-order valence-electron chi connectivity index (χ1n) is 8.36. The van der Waals surface area contributed by atoms with E-state index in [0.29, 0.717) is 18.9 Å². The van der Waals surface area contributed by atoms with E-state index in [9.17, 15) is 9.59 Å². The number of fused-ring (bicyclic) bond motifs is 1. The van der Waals surface area contributed by atoms with Gasteiger partial charge in [-0.2, -0.15) is 0 Å². The minimum atomic E-state index is -0.217. The van der Waals surface area contributed by atoms with Crippen molar-refractivity contribution in [2.75, 3.05) is 19.7 Å². The maximum atomic E-state index is 13.0. The first kappa shape index (κ1) is 15.8. The van der Waals surface area contributed by atoms with Crippen LogP contribution in [0, 0.1) is 0 Å². The fourth-order valence-corrected chi connectivity index (χ4v) is 3.72. The number of likely N-dealkylation sites (tertiary alicyclic amines) is 1. The van der Waals surface area contributed by atoms with Crippen LogP contribution in [0.4, 0.5) is 0 Å². The van der Waals surface area contributed by atoms with Gasteiger partial charge in [-0.25, -0.2) is 4.98 Å². The van der Waals surface area contributed by atoms with Crippen LogP contribution < -0.4 is 5.32 Å². The van der Waals surface area contributed by atoms with Crippen LogP contribution in [0.3, 0.4) is 0 Å². The first-order valence-corrected chi connectivity index (χ1v) is 8.36. The zero-order valence-corrected chi connectivity index (χ0v) is 14.0. The summed E-state index contributed by atoms with van der Waals surface area (Å²) in [5, 5.41) is 2.85. The highest BCUT2D eigenvalue weighted by Crippen LogP contribution is 2.35. The van der Waals surface area contributed by atoms with Gasteiger partial charge in [-0.3, -0.25) is 9.59 Å².